The van der Waals surface area contributed by atoms with Gasteiger partial charge in [0.05, 0.1) is 0 Å². The fourth-order valence-electron chi connectivity index (χ4n) is 1.76. The lowest BCUT2D eigenvalue weighted by molar-refractivity contribution is -0.132. The highest BCUT2D eigenvalue weighted by Crippen LogP contribution is 2.13. The lowest BCUT2D eigenvalue weighted by Crippen LogP contribution is -2.02. The Hall–Kier alpha value is -2.39. The standard InChI is InChI=1S/C18H20O3/c1-2-7-16(12-11-15-8-4-3-5-9-15)14-17(18(20)21)10-6-13-19/h2-5,7-9,11-12,14,19H,1,6,10,13H2,(H,20,21). The first-order valence-corrected chi connectivity index (χ1v) is 6.78. The Kier molecular flexibility index (Phi) is 7.54. The predicted octanol–water partition coefficient (Wildman–Crippen LogP) is 3.60. The van der Waals surface area contributed by atoms with E-state index in [1.165, 1.54) is 0 Å². The first kappa shape index (κ1) is 16.7. The second-order valence-electron chi connectivity index (χ2n) is 4.45. The average molecular weight is 284 g/mol. The molecule has 1 rings (SSSR count). The molecule has 0 heterocycles. The molecule has 21 heavy (non-hydrogen) atoms. The number of carbonyl (C=O) groups is 1. The normalized spacial score (nSPS) is 12.6. The van der Waals surface area contributed by atoms with Crippen molar-refractivity contribution in [3.63, 3.8) is 0 Å². The first-order valence-electron chi connectivity index (χ1n) is 6.78. The van der Waals surface area contributed by atoms with Gasteiger partial charge in [0.1, 0.15) is 0 Å². The fourth-order valence-corrected chi connectivity index (χ4v) is 1.76. The van der Waals surface area contributed by atoms with E-state index in [9.17, 15) is 9.90 Å². The molecule has 0 aromatic heterocycles. The minimum absolute atomic E-state index is 0.0228. The van der Waals surface area contributed by atoms with Gasteiger partial charge in [0, 0.05) is 12.2 Å². The molecule has 1 aromatic carbocycles. The Morgan fingerprint density at radius 1 is 1.24 bits per heavy atom. The Morgan fingerprint density at radius 3 is 2.52 bits per heavy atom. The highest BCUT2D eigenvalue weighted by molar-refractivity contribution is 5.87. The van der Waals surface area contributed by atoms with Crippen molar-refractivity contribution in [1.29, 1.82) is 0 Å². The summed E-state index contributed by atoms with van der Waals surface area (Å²) < 4.78 is 0. The van der Waals surface area contributed by atoms with Crippen LogP contribution in [-0.4, -0.2) is 22.8 Å². The van der Waals surface area contributed by atoms with E-state index in [2.05, 4.69) is 6.58 Å². The summed E-state index contributed by atoms with van der Waals surface area (Å²) in [6.45, 7) is 3.62. The summed E-state index contributed by atoms with van der Waals surface area (Å²) in [5, 5.41) is 18.0. The molecule has 3 nitrogen and oxygen atoms in total. The van der Waals surface area contributed by atoms with Crippen molar-refractivity contribution in [2.45, 2.75) is 12.8 Å². The van der Waals surface area contributed by atoms with E-state index in [0.29, 0.717) is 12.8 Å². The summed E-state index contributed by atoms with van der Waals surface area (Å²) >= 11 is 0. The van der Waals surface area contributed by atoms with Gasteiger partial charge in [-0.05, 0) is 30.1 Å². The Balaban J connectivity index is 2.95. The molecule has 0 fully saturated rings. The SMILES string of the molecule is C=CC=C(C=Cc1ccccc1)C=C(CCCO)C(=O)O. The molecule has 110 valence electrons. The maximum absolute atomic E-state index is 11.2. The number of benzene rings is 1. The predicted molar refractivity (Wildman–Crippen MR) is 85.8 cm³/mol. The van der Waals surface area contributed by atoms with Crippen LogP contribution in [0.4, 0.5) is 0 Å². The van der Waals surface area contributed by atoms with Crippen LogP contribution in [0.15, 0.2) is 72.4 Å². The number of aliphatic carboxylic acids is 1. The molecule has 0 atom stereocenters. The summed E-state index contributed by atoms with van der Waals surface area (Å²) in [4.78, 5) is 11.2. The number of carboxylic acid groups (broad SMARTS) is 1. The molecule has 0 amide bonds. The molecular formula is C18H20O3. The smallest absolute Gasteiger partial charge is 0.331 e. The zero-order valence-corrected chi connectivity index (χ0v) is 11.9. The summed E-state index contributed by atoms with van der Waals surface area (Å²) in [6.07, 6.45) is 9.50. The number of carboxylic acids is 1. The van der Waals surface area contributed by atoms with Crippen molar-refractivity contribution in [3.05, 3.63) is 77.9 Å². The summed E-state index contributed by atoms with van der Waals surface area (Å²) in [5.41, 5.74) is 2.06. The fraction of sp³-hybridized carbons (Fsp3) is 0.167. The zero-order valence-electron chi connectivity index (χ0n) is 11.9. The van der Waals surface area contributed by atoms with Gasteiger partial charge < -0.3 is 10.2 Å². The summed E-state index contributed by atoms with van der Waals surface area (Å²) in [6, 6.07) is 9.76. The van der Waals surface area contributed by atoms with E-state index in [1.54, 1.807) is 18.2 Å². The highest BCUT2D eigenvalue weighted by Gasteiger charge is 2.06. The third-order valence-electron chi connectivity index (χ3n) is 2.80. The molecule has 0 spiro atoms. The lowest BCUT2D eigenvalue weighted by Gasteiger charge is -2.02. The van der Waals surface area contributed by atoms with Crippen LogP contribution in [0, 0.1) is 0 Å². The van der Waals surface area contributed by atoms with Gasteiger partial charge in [-0.15, -0.1) is 0 Å². The molecule has 1 aromatic rings. The van der Waals surface area contributed by atoms with Crippen molar-refractivity contribution in [3.8, 4) is 0 Å². The number of aliphatic hydroxyl groups is 1. The van der Waals surface area contributed by atoms with E-state index in [4.69, 9.17) is 5.11 Å². The molecule has 0 aliphatic carbocycles. The Morgan fingerprint density at radius 2 is 1.95 bits per heavy atom. The molecule has 0 unspecified atom stereocenters. The topological polar surface area (TPSA) is 57.5 Å². The van der Waals surface area contributed by atoms with Crippen LogP contribution in [0.5, 0.6) is 0 Å². The van der Waals surface area contributed by atoms with E-state index in [0.717, 1.165) is 11.1 Å². The minimum Gasteiger partial charge on any atom is -0.478 e. The van der Waals surface area contributed by atoms with Crippen molar-refractivity contribution >= 4 is 12.0 Å². The van der Waals surface area contributed by atoms with Crippen molar-refractivity contribution in [2.75, 3.05) is 6.61 Å². The number of aliphatic hydroxyl groups excluding tert-OH is 1. The largest absolute Gasteiger partial charge is 0.478 e. The van der Waals surface area contributed by atoms with E-state index >= 15 is 0 Å². The molecule has 3 heteroatoms. The minimum atomic E-state index is -0.966. The molecule has 0 bridgehead atoms. The van der Waals surface area contributed by atoms with Crippen LogP contribution < -0.4 is 0 Å². The molecule has 2 N–H and O–H groups in total. The van der Waals surface area contributed by atoms with Crippen molar-refractivity contribution in [2.24, 2.45) is 0 Å². The maximum Gasteiger partial charge on any atom is 0.331 e. The van der Waals surface area contributed by atoms with Gasteiger partial charge in [-0.1, -0.05) is 61.2 Å². The maximum atomic E-state index is 11.2. The third kappa shape index (κ3) is 6.54. The second kappa shape index (κ2) is 9.50. The lowest BCUT2D eigenvalue weighted by atomic mass is 10.1. The molecule has 0 aliphatic rings. The number of hydrogen-bond donors (Lipinski definition) is 2. The molecule has 0 saturated carbocycles. The average Bonchev–Trinajstić information content (AvgIpc) is 2.49. The molecule has 0 saturated heterocycles. The van der Waals surface area contributed by atoms with Crippen LogP contribution in [0.2, 0.25) is 0 Å². The van der Waals surface area contributed by atoms with Gasteiger partial charge in [0.15, 0.2) is 0 Å². The first-order chi connectivity index (χ1) is 10.2. The van der Waals surface area contributed by atoms with E-state index in [-0.39, 0.29) is 12.2 Å². The van der Waals surface area contributed by atoms with Crippen LogP contribution in [0.1, 0.15) is 18.4 Å². The monoisotopic (exact) mass is 284 g/mol. The van der Waals surface area contributed by atoms with Crippen LogP contribution in [-0.2, 0) is 4.79 Å². The number of allylic oxidation sites excluding steroid dienone is 5. The summed E-state index contributed by atoms with van der Waals surface area (Å²) in [7, 11) is 0. The van der Waals surface area contributed by atoms with Crippen LogP contribution >= 0.6 is 0 Å². The van der Waals surface area contributed by atoms with E-state index in [1.807, 2.05) is 42.5 Å². The van der Waals surface area contributed by atoms with Gasteiger partial charge in [-0.2, -0.15) is 0 Å². The highest BCUT2D eigenvalue weighted by atomic mass is 16.4. The Labute approximate surface area is 125 Å². The van der Waals surface area contributed by atoms with Crippen LogP contribution in [0.3, 0.4) is 0 Å². The Bertz CT molecular complexity index is 551. The van der Waals surface area contributed by atoms with Gasteiger partial charge in [0.2, 0.25) is 0 Å². The van der Waals surface area contributed by atoms with Crippen molar-refractivity contribution in [1.82, 2.24) is 0 Å². The van der Waals surface area contributed by atoms with E-state index < -0.39 is 5.97 Å². The quantitative estimate of drug-likeness (QED) is 0.566. The third-order valence-corrected chi connectivity index (χ3v) is 2.80. The second-order valence-corrected chi connectivity index (χ2v) is 4.45. The summed E-state index contributed by atoms with van der Waals surface area (Å²) in [5.74, 6) is -0.966. The van der Waals surface area contributed by atoms with Gasteiger partial charge in [-0.3, -0.25) is 0 Å². The van der Waals surface area contributed by atoms with Crippen molar-refractivity contribution < 1.29 is 15.0 Å². The molecular weight excluding hydrogens is 264 g/mol. The number of rotatable bonds is 8. The van der Waals surface area contributed by atoms with Gasteiger partial charge >= 0.3 is 5.97 Å². The van der Waals surface area contributed by atoms with Gasteiger partial charge in [-0.25, -0.2) is 4.79 Å². The molecule has 0 radical (unpaired) electrons. The van der Waals surface area contributed by atoms with Crippen LogP contribution in [0.25, 0.3) is 6.08 Å². The van der Waals surface area contributed by atoms with Gasteiger partial charge in [0.25, 0.3) is 0 Å². The zero-order chi connectivity index (χ0) is 15.5. The number of hydrogen-bond acceptors (Lipinski definition) is 2. The molecule has 0 aliphatic heterocycles.